The van der Waals surface area contributed by atoms with Gasteiger partial charge in [0.2, 0.25) is 0 Å². The highest BCUT2D eigenvalue weighted by Crippen LogP contribution is 2.32. The van der Waals surface area contributed by atoms with Crippen LogP contribution in [0.5, 0.6) is 0 Å². The molecule has 78 valence electrons. The number of ether oxygens (including phenoxy) is 1. The van der Waals surface area contributed by atoms with Crippen LogP contribution in [0.1, 0.15) is 41.8 Å². The summed E-state index contributed by atoms with van der Waals surface area (Å²) >= 11 is 0. The van der Waals surface area contributed by atoms with Gasteiger partial charge in [0.1, 0.15) is 11.9 Å². The smallest absolute Gasteiger partial charge is 0.339 e. The zero-order valence-corrected chi connectivity index (χ0v) is 8.53. The lowest BCUT2D eigenvalue weighted by molar-refractivity contribution is -0.120. The number of Topliss-reactive ketones (excluding diaryl/α,β-unsaturated/α-hetero) is 1. The number of benzene rings is 1. The Morgan fingerprint density at radius 2 is 2.13 bits per heavy atom. The number of hydrogen-bond acceptors (Lipinski definition) is 3. The first-order chi connectivity index (χ1) is 7.22. The van der Waals surface area contributed by atoms with Gasteiger partial charge in [-0.3, -0.25) is 4.79 Å². The van der Waals surface area contributed by atoms with Crippen LogP contribution in [0.4, 0.5) is 0 Å². The Hall–Kier alpha value is -1.64. The standard InChI is InChI=1S/C12H12O3/c1-2-8(13)7-11-9-5-3-4-6-10(9)12(14)15-11/h3-6,11H,2,7H2,1H3/t11-/m1/s1. The SMILES string of the molecule is CCC(=O)C[C@H]1OC(=O)c2ccccc21. The van der Waals surface area contributed by atoms with E-state index in [-0.39, 0.29) is 17.9 Å². The van der Waals surface area contributed by atoms with Gasteiger partial charge in [-0.1, -0.05) is 25.1 Å². The molecule has 0 aromatic heterocycles. The lowest BCUT2D eigenvalue weighted by atomic mass is 10.0. The molecule has 1 aliphatic rings. The van der Waals surface area contributed by atoms with Crippen LogP contribution in [0.25, 0.3) is 0 Å². The van der Waals surface area contributed by atoms with Gasteiger partial charge in [-0.25, -0.2) is 4.79 Å². The van der Waals surface area contributed by atoms with Crippen molar-refractivity contribution < 1.29 is 14.3 Å². The third-order valence-electron chi connectivity index (χ3n) is 2.58. The van der Waals surface area contributed by atoms with Gasteiger partial charge in [0.05, 0.1) is 5.56 Å². The fourth-order valence-electron chi connectivity index (χ4n) is 1.72. The third-order valence-corrected chi connectivity index (χ3v) is 2.58. The zero-order chi connectivity index (χ0) is 10.8. The van der Waals surface area contributed by atoms with Crippen LogP contribution in [0, 0.1) is 0 Å². The number of carbonyl (C=O) groups excluding carboxylic acids is 2. The molecule has 1 aromatic rings. The fourth-order valence-corrected chi connectivity index (χ4v) is 1.72. The predicted molar refractivity (Wildman–Crippen MR) is 54.5 cm³/mol. The molecule has 1 atom stereocenters. The van der Waals surface area contributed by atoms with Gasteiger partial charge in [-0.2, -0.15) is 0 Å². The van der Waals surface area contributed by atoms with Crippen LogP contribution in [0.3, 0.4) is 0 Å². The average molecular weight is 204 g/mol. The maximum atomic E-state index is 11.4. The van der Waals surface area contributed by atoms with E-state index in [0.29, 0.717) is 18.4 Å². The minimum Gasteiger partial charge on any atom is -0.453 e. The van der Waals surface area contributed by atoms with Crippen molar-refractivity contribution >= 4 is 11.8 Å². The van der Waals surface area contributed by atoms with Crippen molar-refractivity contribution in [1.82, 2.24) is 0 Å². The van der Waals surface area contributed by atoms with Gasteiger partial charge < -0.3 is 4.74 Å². The topological polar surface area (TPSA) is 43.4 Å². The Morgan fingerprint density at radius 1 is 1.40 bits per heavy atom. The lowest BCUT2D eigenvalue weighted by Gasteiger charge is -2.08. The van der Waals surface area contributed by atoms with E-state index < -0.39 is 0 Å². The van der Waals surface area contributed by atoms with E-state index in [2.05, 4.69) is 0 Å². The molecule has 3 heteroatoms. The molecule has 0 bridgehead atoms. The van der Waals surface area contributed by atoms with Crippen molar-refractivity contribution in [2.24, 2.45) is 0 Å². The first-order valence-electron chi connectivity index (χ1n) is 5.04. The molecule has 3 nitrogen and oxygen atoms in total. The van der Waals surface area contributed by atoms with Crippen LogP contribution in [0.2, 0.25) is 0 Å². The highest BCUT2D eigenvalue weighted by molar-refractivity contribution is 5.94. The van der Waals surface area contributed by atoms with Gasteiger partial charge in [0.15, 0.2) is 0 Å². The number of fused-ring (bicyclic) bond motifs is 1. The summed E-state index contributed by atoms with van der Waals surface area (Å²) in [5.41, 5.74) is 1.43. The van der Waals surface area contributed by atoms with E-state index in [1.807, 2.05) is 19.1 Å². The van der Waals surface area contributed by atoms with Gasteiger partial charge in [-0.15, -0.1) is 0 Å². The van der Waals surface area contributed by atoms with Crippen molar-refractivity contribution in [2.75, 3.05) is 0 Å². The van der Waals surface area contributed by atoms with E-state index in [1.165, 1.54) is 0 Å². The number of hydrogen-bond donors (Lipinski definition) is 0. The monoisotopic (exact) mass is 204 g/mol. The summed E-state index contributed by atoms with van der Waals surface area (Å²) in [5, 5.41) is 0. The minimum atomic E-state index is -0.374. The van der Waals surface area contributed by atoms with Gasteiger partial charge in [-0.05, 0) is 6.07 Å². The minimum absolute atomic E-state index is 0.115. The average Bonchev–Trinajstić information content (AvgIpc) is 2.57. The first-order valence-corrected chi connectivity index (χ1v) is 5.04. The van der Waals surface area contributed by atoms with Crippen LogP contribution >= 0.6 is 0 Å². The molecule has 15 heavy (non-hydrogen) atoms. The number of esters is 1. The molecule has 0 fully saturated rings. The summed E-state index contributed by atoms with van der Waals surface area (Å²) in [6.45, 7) is 1.81. The predicted octanol–water partition coefficient (Wildman–Crippen LogP) is 2.27. The molecule has 0 saturated carbocycles. The summed E-state index contributed by atoms with van der Waals surface area (Å²) in [4.78, 5) is 22.7. The van der Waals surface area contributed by atoms with Crippen molar-refractivity contribution in [1.29, 1.82) is 0 Å². The van der Waals surface area contributed by atoms with Gasteiger partial charge in [0, 0.05) is 18.4 Å². The first kappa shape index (κ1) is 9.90. The Morgan fingerprint density at radius 3 is 2.87 bits per heavy atom. The highest BCUT2D eigenvalue weighted by Gasteiger charge is 2.31. The number of carbonyl (C=O) groups is 2. The van der Waals surface area contributed by atoms with Gasteiger partial charge in [0.25, 0.3) is 0 Å². The largest absolute Gasteiger partial charge is 0.453 e. The second-order valence-corrected chi connectivity index (χ2v) is 3.58. The Bertz CT molecular complexity index is 409. The molecule has 0 N–H and O–H groups in total. The van der Waals surface area contributed by atoms with E-state index >= 15 is 0 Å². The summed E-state index contributed by atoms with van der Waals surface area (Å²) in [7, 11) is 0. The quantitative estimate of drug-likeness (QED) is 0.709. The lowest BCUT2D eigenvalue weighted by Crippen LogP contribution is -2.05. The van der Waals surface area contributed by atoms with E-state index in [9.17, 15) is 9.59 Å². The molecule has 0 amide bonds. The van der Waals surface area contributed by atoms with E-state index in [4.69, 9.17) is 4.74 Å². The fraction of sp³-hybridized carbons (Fsp3) is 0.333. The molecular weight excluding hydrogens is 192 g/mol. The number of ketones is 1. The summed E-state index contributed by atoms with van der Waals surface area (Å²) in [6.07, 6.45) is 0.399. The molecule has 0 unspecified atom stereocenters. The molecule has 1 heterocycles. The van der Waals surface area contributed by atoms with E-state index in [0.717, 1.165) is 5.56 Å². The van der Waals surface area contributed by atoms with Gasteiger partial charge >= 0.3 is 5.97 Å². The number of rotatable bonds is 3. The molecule has 0 radical (unpaired) electrons. The van der Waals surface area contributed by atoms with Crippen molar-refractivity contribution in [3.05, 3.63) is 35.4 Å². The maximum Gasteiger partial charge on any atom is 0.339 e. The summed E-state index contributed by atoms with van der Waals surface area (Å²) < 4.78 is 5.14. The molecule has 1 aliphatic heterocycles. The molecule has 1 aromatic carbocycles. The van der Waals surface area contributed by atoms with Crippen LogP contribution < -0.4 is 0 Å². The Kier molecular flexibility index (Phi) is 2.54. The Labute approximate surface area is 88.1 Å². The summed E-state index contributed by atoms with van der Waals surface area (Å²) in [5.74, 6) is -0.205. The molecule has 0 spiro atoms. The highest BCUT2D eigenvalue weighted by atomic mass is 16.5. The second kappa shape index (κ2) is 3.85. The molecule has 2 rings (SSSR count). The second-order valence-electron chi connectivity index (χ2n) is 3.58. The molecule has 0 aliphatic carbocycles. The van der Waals surface area contributed by atoms with Crippen molar-refractivity contribution in [3.63, 3.8) is 0 Å². The third kappa shape index (κ3) is 1.77. The number of cyclic esters (lactones) is 1. The zero-order valence-electron chi connectivity index (χ0n) is 8.53. The van der Waals surface area contributed by atoms with E-state index in [1.54, 1.807) is 12.1 Å². The maximum absolute atomic E-state index is 11.4. The normalized spacial score (nSPS) is 18.5. The van der Waals surface area contributed by atoms with Crippen LogP contribution in [0.15, 0.2) is 24.3 Å². The van der Waals surface area contributed by atoms with Crippen LogP contribution in [-0.2, 0) is 9.53 Å². The van der Waals surface area contributed by atoms with Crippen molar-refractivity contribution in [3.8, 4) is 0 Å². The molecular formula is C12H12O3. The molecule has 0 saturated heterocycles. The Balaban J connectivity index is 2.25. The summed E-state index contributed by atoms with van der Waals surface area (Å²) in [6, 6.07) is 7.22. The van der Waals surface area contributed by atoms with Crippen molar-refractivity contribution in [2.45, 2.75) is 25.9 Å². The van der Waals surface area contributed by atoms with Crippen LogP contribution in [-0.4, -0.2) is 11.8 Å².